The third kappa shape index (κ3) is 2.89. The van der Waals surface area contributed by atoms with Crippen molar-refractivity contribution >= 4 is 28.3 Å². The summed E-state index contributed by atoms with van der Waals surface area (Å²) in [7, 11) is 2.07. The van der Waals surface area contributed by atoms with Crippen LogP contribution in [-0.2, 0) is 6.42 Å². The fourth-order valence-corrected chi connectivity index (χ4v) is 3.28. The van der Waals surface area contributed by atoms with Crippen molar-refractivity contribution in [2.45, 2.75) is 12.8 Å². The van der Waals surface area contributed by atoms with Gasteiger partial charge in [0.2, 0.25) is 0 Å². The predicted octanol–water partition coefficient (Wildman–Crippen LogP) is 3.43. The number of carbonyl (C=O) groups excluding carboxylic acids is 1. The Morgan fingerprint density at radius 1 is 1.16 bits per heavy atom. The normalized spacial score (nSPS) is 13.6. The number of amides is 1. The van der Waals surface area contributed by atoms with Gasteiger partial charge in [0.05, 0.1) is 0 Å². The summed E-state index contributed by atoms with van der Waals surface area (Å²) in [5.41, 5.74) is 2.93. The van der Waals surface area contributed by atoms with Gasteiger partial charge in [-0.05, 0) is 48.7 Å². The first kappa shape index (κ1) is 15.4. The zero-order chi connectivity index (χ0) is 17.4. The number of nitrogens with zero attached hydrogens (tertiary/aromatic N) is 1. The first-order valence-corrected chi connectivity index (χ1v) is 8.30. The van der Waals surface area contributed by atoms with Crippen LogP contribution in [0.1, 0.15) is 22.3 Å². The van der Waals surface area contributed by atoms with E-state index in [0.29, 0.717) is 11.3 Å². The Balaban J connectivity index is 1.64. The number of nitrogens with one attached hydrogen (secondary N) is 1. The Morgan fingerprint density at radius 3 is 2.88 bits per heavy atom. The summed E-state index contributed by atoms with van der Waals surface area (Å²) in [5, 5.41) is 3.53. The molecular formula is C20H18N2O3. The molecule has 5 nitrogen and oxygen atoms in total. The molecule has 25 heavy (non-hydrogen) atoms. The number of rotatable bonds is 2. The van der Waals surface area contributed by atoms with Crippen LogP contribution in [0.25, 0.3) is 11.0 Å². The number of fused-ring (bicyclic) bond motifs is 2. The summed E-state index contributed by atoms with van der Waals surface area (Å²) in [6.45, 7) is 1.04. The Hall–Kier alpha value is -3.08. The summed E-state index contributed by atoms with van der Waals surface area (Å²) in [6, 6.07) is 14.6. The quantitative estimate of drug-likeness (QED) is 0.729. The molecule has 0 bridgehead atoms. The van der Waals surface area contributed by atoms with E-state index < -0.39 is 11.5 Å². The molecular weight excluding hydrogens is 316 g/mol. The van der Waals surface area contributed by atoms with E-state index in [2.05, 4.69) is 17.3 Å². The smallest absolute Gasteiger partial charge is 0.349 e. The predicted molar refractivity (Wildman–Crippen MR) is 98.5 cm³/mol. The van der Waals surface area contributed by atoms with Crippen molar-refractivity contribution in [3.05, 3.63) is 70.1 Å². The summed E-state index contributed by atoms with van der Waals surface area (Å²) >= 11 is 0. The van der Waals surface area contributed by atoms with Gasteiger partial charge < -0.3 is 14.6 Å². The Labute approximate surface area is 144 Å². The van der Waals surface area contributed by atoms with Gasteiger partial charge in [-0.15, -0.1) is 0 Å². The van der Waals surface area contributed by atoms with Crippen molar-refractivity contribution in [3.8, 4) is 0 Å². The van der Waals surface area contributed by atoms with Crippen molar-refractivity contribution in [3.63, 3.8) is 0 Å². The number of hydrogen-bond donors (Lipinski definition) is 1. The van der Waals surface area contributed by atoms with Crippen molar-refractivity contribution in [2.24, 2.45) is 0 Å². The van der Waals surface area contributed by atoms with Crippen molar-refractivity contribution in [2.75, 3.05) is 23.8 Å². The molecule has 2 aromatic carbocycles. The molecule has 0 radical (unpaired) electrons. The minimum Gasteiger partial charge on any atom is -0.422 e. The van der Waals surface area contributed by atoms with E-state index in [9.17, 15) is 9.59 Å². The molecule has 0 aliphatic carbocycles. The number of anilines is 2. The van der Waals surface area contributed by atoms with Crippen LogP contribution in [0.15, 0.2) is 57.7 Å². The maximum absolute atomic E-state index is 12.5. The third-order valence-corrected chi connectivity index (χ3v) is 4.57. The van der Waals surface area contributed by atoms with E-state index in [1.54, 1.807) is 18.2 Å². The summed E-state index contributed by atoms with van der Waals surface area (Å²) in [6.07, 6.45) is 2.08. The summed E-state index contributed by atoms with van der Waals surface area (Å²) in [4.78, 5) is 26.8. The van der Waals surface area contributed by atoms with Gasteiger partial charge in [-0.1, -0.05) is 18.2 Å². The molecule has 0 saturated carbocycles. The average molecular weight is 334 g/mol. The van der Waals surface area contributed by atoms with Gasteiger partial charge in [-0.25, -0.2) is 4.79 Å². The standard InChI is InChI=1S/C20H18N2O3/c1-22-10-4-6-13-11-15(8-9-17(13)22)21-19(23)16-12-14-5-2-3-7-18(14)25-20(16)24/h2-3,5,7-9,11-12H,4,6,10H2,1H3,(H,21,23). The van der Waals surface area contributed by atoms with Crippen LogP contribution in [0.4, 0.5) is 11.4 Å². The maximum Gasteiger partial charge on any atom is 0.349 e. The fraction of sp³-hybridized carbons (Fsp3) is 0.200. The zero-order valence-electron chi connectivity index (χ0n) is 13.9. The fourth-order valence-electron chi connectivity index (χ4n) is 3.28. The van der Waals surface area contributed by atoms with Gasteiger partial charge in [0.15, 0.2) is 0 Å². The second-order valence-electron chi connectivity index (χ2n) is 6.31. The van der Waals surface area contributed by atoms with Gasteiger partial charge in [-0.2, -0.15) is 0 Å². The lowest BCUT2D eigenvalue weighted by atomic mass is 10.0. The molecule has 0 saturated heterocycles. The minimum absolute atomic E-state index is 0.00791. The minimum atomic E-state index is -0.631. The molecule has 4 rings (SSSR count). The average Bonchev–Trinajstić information content (AvgIpc) is 2.61. The molecule has 1 aliphatic heterocycles. The van der Waals surface area contributed by atoms with Crippen LogP contribution in [0.2, 0.25) is 0 Å². The molecule has 0 fully saturated rings. The Morgan fingerprint density at radius 2 is 2.00 bits per heavy atom. The van der Waals surface area contributed by atoms with Crippen molar-refractivity contribution in [1.82, 2.24) is 0 Å². The van der Waals surface area contributed by atoms with Crippen LogP contribution >= 0.6 is 0 Å². The van der Waals surface area contributed by atoms with Gasteiger partial charge in [-0.3, -0.25) is 4.79 Å². The molecule has 3 aromatic rings. The molecule has 1 amide bonds. The Kier molecular flexibility index (Phi) is 3.76. The number of hydrogen-bond acceptors (Lipinski definition) is 4. The van der Waals surface area contributed by atoms with Crippen LogP contribution < -0.4 is 15.8 Å². The van der Waals surface area contributed by atoms with Gasteiger partial charge in [0.25, 0.3) is 5.91 Å². The van der Waals surface area contributed by atoms with E-state index >= 15 is 0 Å². The maximum atomic E-state index is 12.5. The van der Waals surface area contributed by atoms with E-state index in [4.69, 9.17) is 4.42 Å². The summed E-state index contributed by atoms with van der Waals surface area (Å²) in [5.74, 6) is -0.455. The molecule has 1 N–H and O–H groups in total. The third-order valence-electron chi connectivity index (χ3n) is 4.57. The SMILES string of the molecule is CN1CCCc2cc(NC(=O)c3cc4ccccc4oc3=O)ccc21. The summed E-state index contributed by atoms with van der Waals surface area (Å²) < 4.78 is 5.23. The second-order valence-corrected chi connectivity index (χ2v) is 6.31. The highest BCUT2D eigenvalue weighted by Gasteiger charge is 2.17. The molecule has 0 unspecified atom stereocenters. The molecule has 5 heteroatoms. The monoisotopic (exact) mass is 334 g/mol. The number of carbonyl (C=O) groups is 1. The molecule has 126 valence electrons. The molecule has 1 aromatic heterocycles. The molecule has 2 heterocycles. The highest BCUT2D eigenvalue weighted by Crippen LogP contribution is 2.28. The van der Waals surface area contributed by atoms with E-state index in [1.807, 2.05) is 30.3 Å². The van der Waals surface area contributed by atoms with Gasteiger partial charge in [0, 0.05) is 30.4 Å². The van der Waals surface area contributed by atoms with Crippen LogP contribution in [-0.4, -0.2) is 19.5 Å². The van der Waals surface area contributed by atoms with Gasteiger partial charge >= 0.3 is 5.63 Å². The van der Waals surface area contributed by atoms with Crippen LogP contribution in [0.5, 0.6) is 0 Å². The molecule has 1 aliphatic rings. The number of para-hydroxylation sites is 1. The lowest BCUT2D eigenvalue weighted by Gasteiger charge is -2.27. The van der Waals surface area contributed by atoms with E-state index in [1.165, 1.54) is 11.3 Å². The van der Waals surface area contributed by atoms with Crippen LogP contribution in [0, 0.1) is 0 Å². The van der Waals surface area contributed by atoms with E-state index in [-0.39, 0.29) is 5.56 Å². The van der Waals surface area contributed by atoms with Gasteiger partial charge in [0.1, 0.15) is 11.1 Å². The lowest BCUT2D eigenvalue weighted by molar-refractivity contribution is 0.102. The topological polar surface area (TPSA) is 62.6 Å². The largest absolute Gasteiger partial charge is 0.422 e. The highest BCUT2D eigenvalue weighted by atomic mass is 16.4. The first-order chi connectivity index (χ1) is 12.1. The lowest BCUT2D eigenvalue weighted by Crippen LogP contribution is -2.25. The Bertz CT molecular complexity index is 1020. The second kappa shape index (κ2) is 6.09. The molecule has 0 atom stereocenters. The highest BCUT2D eigenvalue weighted by molar-refractivity contribution is 6.05. The van der Waals surface area contributed by atoms with Crippen LogP contribution in [0.3, 0.4) is 0 Å². The number of benzene rings is 2. The number of aryl methyl sites for hydroxylation is 1. The van der Waals surface area contributed by atoms with Crippen molar-refractivity contribution in [1.29, 1.82) is 0 Å². The molecule has 0 spiro atoms. The zero-order valence-corrected chi connectivity index (χ0v) is 13.9. The van der Waals surface area contributed by atoms with Crippen molar-refractivity contribution < 1.29 is 9.21 Å². The first-order valence-electron chi connectivity index (χ1n) is 8.30. The van der Waals surface area contributed by atoms with E-state index in [0.717, 1.165) is 24.8 Å².